The minimum absolute atomic E-state index is 0.530. The molecule has 3 heteroatoms. The molecular weight excluding hydrogens is 334 g/mol. The molecule has 0 spiro atoms. The zero-order chi connectivity index (χ0) is 18.9. The van der Waals surface area contributed by atoms with E-state index in [2.05, 4.69) is 60.8 Å². The number of nitrogens with one attached hydrogen (secondary N) is 1. The first kappa shape index (κ1) is 18.8. The third-order valence-electron chi connectivity index (χ3n) is 4.43. The Kier molecular flexibility index (Phi) is 6.75. The van der Waals surface area contributed by atoms with Gasteiger partial charge in [0.05, 0.1) is 6.61 Å². The van der Waals surface area contributed by atoms with Gasteiger partial charge in [-0.05, 0) is 48.2 Å². The molecule has 3 nitrogen and oxygen atoms in total. The highest BCUT2D eigenvalue weighted by atomic mass is 16.5. The van der Waals surface area contributed by atoms with Crippen LogP contribution in [0.2, 0.25) is 0 Å². The number of ether oxygens (including phenoxy) is 2. The Morgan fingerprint density at radius 3 is 2.30 bits per heavy atom. The molecule has 0 saturated heterocycles. The summed E-state index contributed by atoms with van der Waals surface area (Å²) in [5, 5.41) is 3.53. The Labute approximate surface area is 162 Å². The maximum atomic E-state index is 5.98. The number of hydrogen-bond acceptors (Lipinski definition) is 3. The topological polar surface area (TPSA) is 30.5 Å². The van der Waals surface area contributed by atoms with E-state index in [4.69, 9.17) is 9.47 Å². The minimum atomic E-state index is 0.530. The first-order valence-corrected chi connectivity index (χ1v) is 9.54. The zero-order valence-corrected chi connectivity index (χ0v) is 16.1. The SMILES string of the molecule is CCOc1cc(CNc2ccccc2CC)ccc1OCc1ccccc1. The molecule has 3 aromatic carbocycles. The van der Waals surface area contributed by atoms with Gasteiger partial charge in [-0.2, -0.15) is 0 Å². The smallest absolute Gasteiger partial charge is 0.161 e. The van der Waals surface area contributed by atoms with E-state index in [1.807, 2.05) is 31.2 Å². The molecule has 0 radical (unpaired) electrons. The van der Waals surface area contributed by atoms with Crippen LogP contribution in [-0.4, -0.2) is 6.61 Å². The van der Waals surface area contributed by atoms with Crippen LogP contribution in [0.1, 0.15) is 30.5 Å². The second kappa shape index (κ2) is 9.67. The lowest BCUT2D eigenvalue weighted by Gasteiger charge is -2.15. The molecule has 0 fully saturated rings. The molecule has 0 aliphatic heterocycles. The molecule has 140 valence electrons. The fraction of sp³-hybridized carbons (Fsp3) is 0.250. The number of anilines is 1. The molecule has 1 N–H and O–H groups in total. The van der Waals surface area contributed by atoms with Gasteiger partial charge in [0.1, 0.15) is 6.61 Å². The fourth-order valence-corrected chi connectivity index (χ4v) is 2.98. The number of benzene rings is 3. The van der Waals surface area contributed by atoms with Crippen molar-refractivity contribution in [2.24, 2.45) is 0 Å². The van der Waals surface area contributed by atoms with E-state index in [1.165, 1.54) is 11.3 Å². The summed E-state index contributed by atoms with van der Waals surface area (Å²) in [6, 6.07) is 24.7. The highest BCUT2D eigenvalue weighted by molar-refractivity contribution is 5.52. The lowest BCUT2D eigenvalue weighted by Crippen LogP contribution is -2.04. The molecule has 0 amide bonds. The van der Waals surface area contributed by atoms with Crippen molar-refractivity contribution in [2.45, 2.75) is 33.4 Å². The normalized spacial score (nSPS) is 10.4. The molecule has 0 aromatic heterocycles. The average Bonchev–Trinajstić information content (AvgIpc) is 2.72. The molecular formula is C24H27NO2. The second-order valence-corrected chi connectivity index (χ2v) is 6.35. The molecule has 3 rings (SSSR count). The Morgan fingerprint density at radius 1 is 0.741 bits per heavy atom. The van der Waals surface area contributed by atoms with Gasteiger partial charge >= 0.3 is 0 Å². The first-order valence-electron chi connectivity index (χ1n) is 9.54. The van der Waals surface area contributed by atoms with Crippen molar-refractivity contribution < 1.29 is 9.47 Å². The standard InChI is InChI=1S/C24H27NO2/c1-3-21-12-8-9-13-22(21)25-17-20-14-15-23(24(16-20)26-4-2)27-18-19-10-6-5-7-11-19/h5-16,25H,3-4,17-18H2,1-2H3. The average molecular weight is 361 g/mol. The van der Waals surface area contributed by atoms with Crippen LogP contribution in [0.4, 0.5) is 5.69 Å². The Bertz CT molecular complexity index is 846. The maximum Gasteiger partial charge on any atom is 0.161 e. The van der Waals surface area contributed by atoms with Gasteiger partial charge in [0.2, 0.25) is 0 Å². The van der Waals surface area contributed by atoms with Crippen LogP contribution in [-0.2, 0) is 19.6 Å². The van der Waals surface area contributed by atoms with Gasteiger partial charge in [-0.15, -0.1) is 0 Å². The Hall–Kier alpha value is -2.94. The van der Waals surface area contributed by atoms with E-state index >= 15 is 0 Å². The van der Waals surface area contributed by atoms with Crippen molar-refractivity contribution in [3.05, 3.63) is 89.5 Å². The predicted molar refractivity (Wildman–Crippen MR) is 112 cm³/mol. The van der Waals surface area contributed by atoms with E-state index in [9.17, 15) is 0 Å². The van der Waals surface area contributed by atoms with Gasteiger partial charge in [0.15, 0.2) is 11.5 Å². The lowest BCUT2D eigenvalue weighted by atomic mass is 10.1. The summed E-state index contributed by atoms with van der Waals surface area (Å²) in [4.78, 5) is 0. The van der Waals surface area contributed by atoms with Crippen LogP contribution in [0.15, 0.2) is 72.8 Å². The van der Waals surface area contributed by atoms with Crippen molar-refractivity contribution >= 4 is 5.69 Å². The van der Waals surface area contributed by atoms with Crippen molar-refractivity contribution in [1.82, 2.24) is 0 Å². The van der Waals surface area contributed by atoms with Crippen molar-refractivity contribution in [2.75, 3.05) is 11.9 Å². The summed E-state index contributed by atoms with van der Waals surface area (Å²) >= 11 is 0. The number of rotatable bonds is 9. The third kappa shape index (κ3) is 5.27. The molecule has 0 saturated carbocycles. The Morgan fingerprint density at radius 2 is 1.52 bits per heavy atom. The minimum Gasteiger partial charge on any atom is -0.490 e. The van der Waals surface area contributed by atoms with Gasteiger partial charge in [-0.25, -0.2) is 0 Å². The quantitative estimate of drug-likeness (QED) is 0.519. The monoisotopic (exact) mass is 361 g/mol. The second-order valence-electron chi connectivity index (χ2n) is 6.35. The highest BCUT2D eigenvalue weighted by Gasteiger charge is 2.08. The largest absolute Gasteiger partial charge is 0.490 e. The zero-order valence-electron chi connectivity index (χ0n) is 16.1. The van der Waals surface area contributed by atoms with Crippen LogP contribution < -0.4 is 14.8 Å². The molecule has 27 heavy (non-hydrogen) atoms. The van der Waals surface area contributed by atoms with E-state index in [1.54, 1.807) is 0 Å². The van der Waals surface area contributed by atoms with Gasteiger partial charge in [0, 0.05) is 12.2 Å². The summed E-state index contributed by atoms with van der Waals surface area (Å²) in [5.41, 5.74) is 4.81. The van der Waals surface area contributed by atoms with Gasteiger partial charge < -0.3 is 14.8 Å². The molecule has 0 aliphatic carbocycles. The van der Waals surface area contributed by atoms with Crippen LogP contribution in [0.5, 0.6) is 11.5 Å². The van der Waals surface area contributed by atoms with Crippen LogP contribution in [0.3, 0.4) is 0 Å². The van der Waals surface area contributed by atoms with Crippen LogP contribution in [0, 0.1) is 0 Å². The number of para-hydroxylation sites is 1. The van der Waals surface area contributed by atoms with Gasteiger partial charge in [-0.1, -0.05) is 61.5 Å². The van der Waals surface area contributed by atoms with Crippen molar-refractivity contribution in [3.63, 3.8) is 0 Å². The molecule has 0 aliphatic rings. The van der Waals surface area contributed by atoms with Crippen molar-refractivity contribution in [3.8, 4) is 11.5 Å². The van der Waals surface area contributed by atoms with Crippen LogP contribution in [0.25, 0.3) is 0 Å². The molecule has 0 unspecified atom stereocenters. The van der Waals surface area contributed by atoms with Crippen molar-refractivity contribution in [1.29, 1.82) is 0 Å². The summed E-state index contributed by atoms with van der Waals surface area (Å²) in [5.74, 6) is 1.56. The first-order chi connectivity index (χ1) is 13.3. The predicted octanol–water partition coefficient (Wildman–Crippen LogP) is 5.84. The molecule has 0 bridgehead atoms. The summed E-state index contributed by atoms with van der Waals surface area (Å²) in [6.07, 6.45) is 1.01. The lowest BCUT2D eigenvalue weighted by molar-refractivity contribution is 0.269. The van der Waals surface area contributed by atoms with Gasteiger partial charge in [-0.3, -0.25) is 0 Å². The summed E-state index contributed by atoms with van der Waals surface area (Å²) in [7, 11) is 0. The molecule has 0 atom stereocenters. The number of hydrogen-bond donors (Lipinski definition) is 1. The summed E-state index contributed by atoms with van der Waals surface area (Å²) in [6.45, 7) is 6.05. The maximum absolute atomic E-state index is 5.98. The highest BCUT2D eigenvalue weighted by Crippen LogP contribution is 2.30. The number of aryl methyl sites for hydroxylation is 1. The Balaban J connectivity index is 1.69. The molecule has 0 heterocycles. The van der Waals surface area contributed by atoms with Crippen LogP contribution >= 0.6 is 0 Å². The van der Waals surface area contributed by atoms with E-state index in [-0.39, 0.29) is 0 Å². The van der Waals surface area contributed by atoms with Gasteiger partial charge in [0.25, 0.3) is 0 Å². The van der Waals surface area contributed by atoms with E-state index in [0.29, 0.717) is 13.2 Å². The van der Waals surface area contributed by atoms with E-state index < -0.39 is 0 Å². The fourth-order valence-electron chi connectivity index (χ4n) is 2.98. The molecule has 3 aromatic rings. The third-order valence-corrected chi connectivity index (χ3v) is 4.43. The summed E-state index contributed by atoms with van der Waals surface area (Å²) < 4.78 is 11.8. The van der Waals surface area contributed by atoms with E-state index in [0.717, 1.165) is 35.6 Å².